The summed E-state index contributed by atoms with van der Waals surface area (Å²) >= 11 is 0. The van der Waals surface area contributed by atoms with Crippen molar-refractivity contribution in [1.29, 1.82) is 0 Å². The van der Waals surface area contributed by atoms with Crippen molar-refractivity contribution in [3.63, 3.8) is 0 Å². The second kappa shape index (κ2) is 39.1. The number of aliphatic hydroxyl groups excluding tert-OH is 7. The summed E-state index contributed by atoms with van der Waals surface area (Å²) in [6.45, 7) is 2.64. The summed E-state index contributed by atoms with van der Waals surface area (Å²) in [6.07, 6.45) is 19.5. The molecule has 0 amide bonds. The van der Waals surface area contributed by atoms with Crippen molar-refractivity contribution >= 4 is 27.6 Å². The van der Waals surface area contributed by atoms with Crippen molar-refractivity contribution in [2.45, 2.75) is 223 Å². The van der Waals surface area contributed by atoms with E-state index in [0.29, 0.717) is 12.8 Å². The monoisotopic (exact) mass is 1040 g/mol. The zero-order valence-electron chi connectivity index (χ0n) is 41.3. The van der Waals surface area contributed by atoms with Gasteiger partial charge in [0.1, 0.15) is 43.2 Å². The van der Waals surface area contributed by atoms with Crippen LogP contribution >= 0.6 is 15.6 Å². The van der Waals surface area contributed by atoms with Gasteiger partial charge in [0.15, 0.2) is 6.10 Å². The molecule has 0 heterocycles. The summed E-state index contributed by atoms with van der Waals surface area (Å²) in [7, 11) is -10.8. The highest BCUT2D eigenvalue weighted by Crippen LogP contribution is 2.49. The molecule has 10 N–H and O–H groups in total. The van der Waals surface area contributed by atoms with E-state index in [2.05, 4.69) is 11.4 Å². The minimum atomic E-state index is -5.41. The van der Waals surface area contributed by atoms with Crippen molar-refractivity contribution in [1.82, 2.24) is 0 Å². The lowest BCUT2D eigenvalue weighted by Gasteiger charge is -2.43. The Balaban J connectivity index is 2.69. The molecule has 70 heavy (non-hydrogen) atoms. The highest BCUT2D eigenvalue weighted by molar-refractivity contribution is 7.47. The summed E-state index contributed by atoms with van der Waals surface area (Å²) in [5, 5.41) is 71.8. The van der Waals surface area contributed by atoms with Crippen molar-refractivity contribution in [3.05, 3.63) is 60.8 Å². The first-order valence-corrected chi connectivity index (χ1v) is 28.2. The van der Waals surface area contributed by atoms with E-state index in [0.717, 1.165) is 38.5 Å². The summed E-state index contributed by atoms with van der Waals surface area (Å²) in [5.74, 6) is -1.54. The van der Waals surface area contributed by atoms with Gasteiger partial charge < -0.3 is 59.9 Å². The zero-order chi connectivity index (χ0) is 52.2. The minimum Gasteiger partial charge on any atom is -0.462 e. The number of phosphoric acid groups is 2. The molecule has 0 aromatic heterocycles. The molecule has 406 valence electrons. The predicted octanol–water partition coefficient (Wildman–Crippen LogP) is 6.75. The van der Waals surface area contributed by atoms with Crippen LogP contribution in [0.25, 0.3) is 0 Å². The van der Waals surface area contributed by atoms with Crippen molar-refractivity contribution in [2.75, 3.05) is 13.2 Å². The van der Waals surface area contributed by atoms with Gasteiger partial charge in [0, 0.05) is 12.8 Å². The number of allylic oxidation sites excluding steroid dienone is 7. The van der Waals surface area contributed by atoms with Crippen LogP contribution in [-0.4, -0.2) is 137 Å². The van der Waals surface area contributed by atoms with E-state index in [-0.39, 0.29) is 25.7 Å². The zero-order valence-corrected chi connectivity index (χ0v) is 43.1. The lowest BCUT2D eigenvalue weighted by molar-refractivity contribution is -0.216. The largest absolute Gasteiger partial charge is 0.472 e. The molecule has 1 fully saturated rings. The molecule has 5 unspecified atom stereocenters. The van der Waals surface area contributed by atoms with Crippen LogP contribution in [0.1, 0.15) is 162 Å². The fourth-order valence-electron chi connectivity index (χ4n) is 7.43. The van der Waals surface area contributed by atoms with E-state index >= 15 is 0 Å². The van der Waals surface area contributed by atoms with E-state index in [9.17, 15) is 69.1 Å². The molecular formula is C49H86O19P2. The van der Waals surface area contributed by atoms with Gasteiger partial charge in [0.25, 0.3) is 0 Å². The molecule has 21 heteroatoms. The molecule has 0 aromatic rings. The molecule has 0 radical (unpaired) electrons. The van der Waals surface area contributed by atoms with Gasteiger partial charge in [-0.1, -0.05) is 177 Å². The molecule has 1 rings (SSSR count). The Morgan fingerprint density at radius 2 is 1.04 bits per heavy atom. The number of unbranched alkanes of at least 4 members (excludes halogenated alkanes) is 16. The van der Waals surface area contributed by atoms with Gasteiger partial charge in [-0.2, -0.15) is 0 Å². The Bertz CT molecular complexity index is 1630. The van der Waals surface area contributed by atoms with Gasteiger partial charge in [-0.05, 0) is 32.1 Å². The summed E-state index contributed by atoms with van der Waals surface area (Å²) < 4.78 is 49.2. The van der Waals surface area contributed by atoms with Gasteiger partial charge in [-0.15, -0.1) is 0 Å². The van der Waals surface area contributed by atoms with Crippen molar-refractivity contribution in [2.24, 2.45) is 0 Å². The number of carbonyl (C=O) groups excluding carboxylic acids is 2. The second-order valence-corrected chi connectivity index (χ2v) is 20.3. The first-order valence-electron chi connectivity index (χ1n) is 25.2. The van der Waals surface area contributed by atoms with Gasteiger partial charge in [0.05, 0.1) is 24.9 Å². The number of esters is 2. The average Bonchev–Trinajstić information content (AvgIpc) is 3.31. The number of rotatable bonds is 41. The molecule has 1 saturated carbocycles. The lowest BCUT2D eigenvalue weighted by Crippen LogP contribution is -2.64. The lowest BCUT2D eigenvalue weighted by atomic mass is 9.85. The number of ether oxygens (including phenoxy) is 2. The summed E-state index contributed by atoms with van der Waals surface area (Å²) in [4.78, 5) is 54.4. The van der Waals surface area contributed by atoms with Crippen LogP contribution < -0.4 is 0 Å². The first-order chi connectivity index (χ1) is 33.3. The third-order valence-electron chi connectivity index (χ3n) is 11.4. The van der Waals surface area contributed by atoms with E-state index in [1.54, 1.807) is 36.5 Å². The highest BCUT2D eigenvalue weighted by atomic mass is 31.2. The van der Waals surface area contributed by atoms with Gasteiger partial charge >= 0.3 is 27.6 Å². The van der Waals surface area contributed by atoms with Crippen molar-refractivity contribution in [3.8, 4) is 0 Å². The molecule has 11 atom stereocenters. The quantitative estimate of drug-likeness (QED) is 0.00994. The van der Waals surface area contributed by atoms with Crippen LogP contribution in [0, 0.1) is 0 Å². The number of aliphatic hydroxyl groups is 7. The van der Waals surface area contributed by atoms with Crippen LogP contribution in [-0.2, 0) is 41.8 Å². The second-order valence-electron chi connectivity index (χ2n) is 17.7. The molecule has 0 spiro atoms. The van der Waals surface area contributed by atoms with Crippen LogP contribution in [0.15, 0.2) is 60.8 Å². The van der Waals surface area contributed by atoms with Crippen LogP contribution in [0.3, 0.4) is 0 Å². The molecule has 0 saturated heterocycles. The SMILES string of the molecule is CC/C=C\C[C@@H](O)/C=C/C=C/C=C\C=C/[C@H](O)[C@@H](O)CCCC(=O)OC[C@H](COP(=O)(O)O[C@H]1C(O)C(O)C(O)[C@@H](OP(=O)(O)O)C1O)OC(=O)CCCCCCCCCCCCCCCCCCC. The standard InChI is InChI=1S/C49H86O19P2/c1-3-5-7-8-9-10-11-12-13-14-15-16-17-18-19-24-28-34-43(54)66-39(37-65-70(62,63)68-49-46(57)44(55)45(56)48(47(49)58)67-69(59,60)61)36-64-42(53)35-29-33-41(52)40(51)32-27-23-21-20-22-26-31-38(50)30-25-6-4-2/h6,20-23,25-27,31-32,38-41,44-52,55-58H,3-5,7-19,24,28-30,33-37H2,1-2H3,(H,62,63)(H2,59,60,61)/b22-20+,23-21-,25-6-,31-26+,32-27-/t38-,39-,40+,41+,44?,45?,46?,47?,48-,49+/m1/s1. The Hall–Kier alpha value is -2.42. The molecule has 1 aliphatic rings. The van der Waals surface area contributed by atoms with Gasteiger partial charge in [-0.3, -0.25) is 23.2 Å². The maximum absolute atomic E-state index is 13.0. The molecular weight excluding hydrogens is 954 g/mol. The molecule has 0 aliphatic heterocycles. The fraction of sp³-hybridized carbons (Fsp3) is 0.755. The van der Waals surface area contributed by atoms with E-state index < -0.39 is 102 Å². The Kier molecular flexibility index (Phi) is 36.6. The topological polar surface area (TPSA) is 317 Å². The maximum Gasteiger partial charge on any atom is 0.472 e. The summed E-state index contributed by atoms with van der Waals surface area (Å²) in [6, 6.07) is 0. The Labute approximate surface area is 415 Å². The first kappa shape index (κ1) is 65.6. The van der Waals surface area contributed by atoms with E-state index in [1.807, 2.05) is 19.1 Å². The minimum absolute atomic E-state index is 0.00135. The third kappa shape index (κ3) is 32.6. The fourth-order valence-corrected chi connectivity index (χ4v) is 8.97. The number of phosphoric ester groups is 2. The molecule has 0 aromatic carbocycles. The molecule has 19 nitrogen and oxygen atoms in total. The smallest absolute Gasteiger partial charge is 0.462 e. The Morgan fingerprint density at radius 1 is 0.557 bits per heavy atom. The number of hydrogen-bond acceptors (Lipinski definition) is 16. The number of hydrogen-bond donors (Lipinski definition) is 10. The molecule has 1 aliphatic carbocycles. The van der Waals surface area contributed by atoms with Crippen LogP contribution in [0.5, 0.6) is 0 Å². The third-order valence-corrected chi connectivity index (χ3v) is 13.0. The number of carbonyl (C=O) groups is 2. The van der Waals surface area contributed by atoms with E-state index in [1.165, 1.54) is 82.8 Å². The Morgan fingerprint density at radius 3 is 1.57 bits per heavy atom. The van der Waals surface area contributed by atoms with Crippen molar-refractivity contribution < 1.29 is 92.2 Å². The van der Waals surface area contributed by atoms with E-state index in [4.69, 9.17) is 18.5 Å². The maximum atomic E-state index is 13.0. The normalized spacial score (nSPS) is 22.9. The highest BCUT2D eigenvalue weighted by Gasteiger charge is 2.54. The summed E-state index contributed by atoms with van der Waals surface area (Å²) in [5.41, 5.74) is 0. The van der Waals surface area contributed by atoms with Gasteiger partial charge in [0.2, 0.25) is 0 Å². The predicted molar refractivity (Wildman–Crippen MR) is 264 cm³/mol. The van der Waals surface area contributed by atoms with Gasteiger partial charge in [-0.25, -0.2) is 9.13 Å². The van der Waals surface area contributed by atoms with Crippen LogP contribution in [0.2, 0.25) is 0 Å². The average molecular weight is 1040 g/mol. The molecule has 0 bridgehead atoms. The van der Waals surface area contributed by atoms with Crippen LogP contribution in [0.4, 0.5) is 0 Å².